The number of anilines is 1. The molecule has 2 heterocycles. The summed E-state index contributed by atoms with van der Waals surface area (Å²) in [5.74, 6) is 0.633. The number of rotatable bonds is 4. The lowest BCUT2D eigenvalue weighted by Crippen LogP contribution is -2.39. The highest BCUT2D eigenvalue weighted by molar-refractivity contribution is 5.85. The van der Waals surface area contributed by atoms with Gasteiger partial charge in [-0.05, 0) is 54.7 Å². The molecule has 0 unspecified atom stereocenters. The quantitative estimate of drug-likeness (QED) is 0.830. The molecule has 1 fully saturated rings. The van der Waals surface area contributed by atoms with Crippen LogP contribution in [0, 0.1) is 5.82 Å². The van der Waals surface area contributed by atoms with Gasteiger partial charge in [0, 0.05) is 31.7 Å². The molecular weight excluding hydrogens is 390 g/mol. The molecule has 0 saturated carbocycles. The zero-order valence-corrected chi connectivity index (χ0v) is 16.8. The van der Waals surface area contributed by atoms with E-state index in [0.29, 0.717) is 0 Å². The maximum atomic E-state index is 13.5. The Labute approximate surface area is 171 Å². The first-order valence-electron chi connectivity index (χ1n) is 8.99. The fourth-order valence-electron chi connectivity index (χ4n) is 3.57. The van der Waals surface area contributed by atoms with Gasteiger partial charge in [0.25, 0.3) is 0 Å². The van der Waals surface area contributed by atoms with Gasteiger partial charge in [-0.15, -0.1) is 35.0 Å². The zero-order chi connectivity index (χ0) is 17.1. The molecule has 1 aliphatic heterocycles. The fraction of sp³-hybridized carbons (Fsp3) is 0.474. The standard InChI is InChI=1S/C19H23FN4O.2ClH/c20-16-4-5-17-14(12-16)2-1-3-15-13-18(22-23-19(15)17)21-6-7-24-8-10-25-11-9-24;;/h4-5,12-13H,1-3,6-11H2,(H,21,22);2*1H. The average Bonchev–Trinajstić information content (AvgIpc) is 2.81. The number of nitrogens with one attached hydrogen (secondary N) is 1. The number of aryl methyl sites for hydroxylation is 2. The summed E-state index contributed by atoms with van der Waals surface area (Å²) in [6.07, 6.45) is 2.82. The van der Waals surface area contributed by atoms with Crippen molar-refractivity contribution in [1.29, 1.82) is 0 Å². The Morgan fingerprint density at radius 1 is 1.04 bits per heavy atom. The number of morpholine rings is 1. The number of hydrogen-bond acceptors (Lipinski definition) is 5. The molecule has 8 heteroatoms. The van der Waals surface area contributed by atoms with Crippen molar-refractivity contribution in [3.8, 4) is 11.3 Å². The summed E-state index contributed by atoms with van der Waals surface area (Å²) in [7, 11) is 0. The lowest BCUT2D eigenvalue weighted by molar-refractivity contribution is 0.0398. The molecule has 2 aromatic rings. The first-order chi connectivity index (χ1) is 12.3. The third-order valence-electron chi connectivity index (χ3n) is 4.93. The molecule has 2 aliphatic rings. The second-order valence-electron chi connectivity index (χ2n) is 6.64. The second-order valence-corrected chi connectivity index (χ2v) is 6.64. The van der Waals surface area contributed by atoms with Crippen LogP contribution < -0.4 is 5.32 Å². The van der Waals surface area contributed by atoms with Crippen molar-refractivity contribution in [2.75, 3.05) is 44.7 Å². The van der Waals surface area contributed by atoms with E-state index in [-0.39, 0.29) is 30.6 Å². The summed E-state index contributed by atoms with van der Waals surface area (Å²) in [5, 5.41) is 12.2. The fourth-order valence-corrected chi connectivity index (χ4v) is 3.57. The number of aromatic nitrogens is 2. The number of fused-ring (bicyclic) bond motifs is 3. The smallest absolute Gasteiger partial charge is 0.149 e. The van der Waals surface area contributed by atoms with Crippen LogP contribution in [0.2, 0.25) is 0 Å². The number of hydrogen-bond donors (Lipinski definition) is 1. The Kier molecular flexibility index (Phi) is 8.23. The van der Waals surface area contributed by atoms with E-state index in [4.69, 9.17) is 4.74 Å². The van der Waals surface area contributed by atoms with Crippen LogP contribution in [0.15, 0.2) is 24.3 Å². The van der Waals surface area contributed by atoms with Crippen molar-refractivity contribution in [3.05, 3.63) is 41.2 Å². The third-order valence-corrected chi connectivity index (χ3v) is 4.93. The molecule has 1 aromatic heterocycles. The summed E-state index contributed by atoms with van der Waals surface area (Å²) in [5.41, 5.74) is 4.13. The monoisotopic (exact) mass is 414 g/mol. The molecule has 0 spiro atoms. The van der Waals surface area contributed by atoms with E-state index < -0.39 is 0 Å². The predicted molar refractivity (Wildman–Crippen MR) is 110 cm³/mol. The zero-order valence-electron chi connectivity index (χ0n) is 15.1. The topological polar surface area (TPSA) is 50.3 Å². The van der Waals surface area contributed by atoms with Crippen molar-refractivity contribution in [2.45, 2.75) is 19.3 Å². The van der Waals surface area contributed by atoms with E-state index in [9.17, 15) is 4.39 Å². The highest BCUT2D eigenvalue weighted by Gasteiger charge is 2.17. The summed E-state index contributed by atoms with van der Waals surface area (Å²) in [4.78, 5) is 2.39. The number of halogens is 3. The van der Waals surface area contributed by atoms with Crippen molar-refractivity contribution in [3.63, 3.8) is 0 Å². The molecule has 1 aromatic carbocycles. The Morgan fingerprint density at radius 3 is 2.63 bits per heavy atom. The van der Waals surface area contributed by atoms with Gasteiger partial charge < -0.3 is 10.1 Å². The summed E-state index contributed by atoms with van der Waals surface area (Å²) >= 11 is 0. The maximum Gasteiger partial charge on any atom is 0.149 e. The van der Waals surface area contributed by atoms with E-state index in [1.165, 1.54) is 11.6 Å². The molecule has 27 heavy (non-hydrogen) atoms. The minimum absolute atomic E-state index is 0. The molecule has 1 N–H and O–H groups in total. The van der Waals surface area contributed by atoms with Gasteiger partial charge in [-0.3, -0.25) is 4.90 Å². The Balaban J connectivity index is 0.00000131. The molecule has 0 radical (unpaired) electrons. The van der Waals surface area contributed by atoms with Gasteiger partial charge in [-0.1, -0.05) is 0 Å². The van der Waals surface area contributed by atoms with Crippen LogP contribution in [0.3, 0.4) is 0 Å². The number of nitrogens with zero attached hydrogens (tertiary/aromatic N) is 3. The minimum atomic E-state index is -0.184. The molecule has 0 bridgehead atoms. The van der Waals surface area contributed by atoms with Crippen LogP contribution in [-0.2, 0) is 17.6 Å². The van der Waals surface area contributed by atoms with Gasteiger partial charge in [0.05, 0.1) is 18.9 Å². The maximum absolute atomic E-state index is 13.5. The van der Waals surface area contributed by atoms with E-state index in [0.717, 1.165) is 81.3 Å². The second kappa shape index (κ2) is 10.2. The molecule has 1 saturated heterocycles. The molecule has 148 valence electrons. The summed E-state index contributed by atoms with van der Waals surface area (Å²) in [6, 6.07) is 7.06. The van der Waals surface area contributed by atoms with E-state index in [1.807, 2.05) is 6.07 Å². The van der Waals surface area contributed by atoms with Gasteiger partial charge in [-0.2, -0.15) is 0 Å². The molecule has 1 aliphatic carbocycles. The molecular formula is C19H25Cl2FN4O. The average molecular weight is 415 g/mol. The normalized spacial score (nSPS) is 16.2. The lowest BCUT2D eigenvalue weighted by atomic mass is 10.0. The number of benzene rings is 1. The summed E-state index contributed by atoms with van der Waals surface area (Å²) < 4.78 is 18.9. The largest absolute Gasteiger partial charge is 0.379 e. The van der Waals surface area contributed by atoms with E-state index in [1.54, 1.807) is 6.07 Å². The van der Waals surface area contributed by atoms with Gasteiger partial charge in [0.2, 0.25) is 0 Å². The van der Waals surface area contributed by atoms with Gasteiger partial charge in [0.1, 0.15) is 11.6 Å². The van der Waals surface area contributed by atoms with Crippen molar-refractivity contribution in [2.24, 2.45) is 0 Å². The van der Waals surface area contributed by atoms with Crippen molar-refractivity contribution >= 4 is 30.6 Å². The first kappa shape index (κ1) is 21.8. The van der Waals surface area contributed by atoms with Crippen LogP contribution in [-0.4, -0.2) is 54.5 Å². The molecule has 0 atom stereocenters. The molecule has 4 rings (SSSR count). The minimum Gasteiger partial charge on any atom is -0.379 e. The summed E-state index contributed by atoms with van der Waals surface area (Å²) in [6.45, 7) is 5.44. The SMILES string of the molecule is Cl.Cl.Fc1ccc2c(c1)CCCc1cc(NCCN3CCOCC3)nnc1-2. The highest BCUT2D eigenvalue weighted by atomic mass is 35.5. The lowest BCUT2D eigenvalue weighted by Gasteiger charge is -2.26. The van der Waals surface area contributed by atoms with Crippen LogP contribution in [0.1, 0.15) is 17.5 Å². The van der Waals surface area contributed by atoms with Crippen LogP contribution in [0.25, 0.3) is 11.3 Å². The van der Waals surface area contributed by atoms with Crippen LogP contribution >= 0.6 is 24.8 Å². The van der Waals surface area contributed by atoms with Crippen LogP contribution in [0.5, 0.6) is 0 Å². The highest BCUT2D eigenvalue weighted by Crippen LogP contribution is 2.31. The Bertz CT molecular complexity index is 756. The van der Waals surface area contributed by atoms with E-state index >= 15 is 0 Å². The van der Waals surface area contributed by atoms with Crippen LogP contribution in [0.4, 0.5) is 10.2 Å². The Morgan fingerprint density at radius 2 is 1.81 bits per heavy atom. The molecule has 5 nitrogen and oxygen atoms in total. The van der Waals surface area contributed by atoms with Crippen molar-refractivity contribution < 1.29 is 9.13 Å². The van der Waals surface area contributed by atoms with Gasteiger partial charge >= 0.3 is 0 Å². The van der Waals surface area contributed by atoms with Gasteiger partial charge in [0.15, 0.2) is 0 Å². The predicted octanol–water partition coefficient (Wildman–Crippen LogP) is 3.36. The number of ether oxygens (including phenoxy) is 1. The van der Waals surface area contributed by atoms with Crippen molar-refractivity contribution in [1.82, 2.24) is 15.1 Å². The Hall–Kier alpha value is -1.47. The molecule has 0 amide bonds. The van der Waals surface area contributed by atoms with E-state index in [2.05, 4.69) is 26.5 Å². The van der Waals surface area contributed by atoms with Gasteiger partial charge in [-0.25, -0.2) is 4.39 Å². The third kappa shape index (κ3) is 5.29. The first-order valence-corrected chi connectivity index (χ1v) is 8.99.